The SMILES string of the molecule is C/C(=C(/C(=O)NC(=O)c1ccccc1)C(=O)c1ccccc1)N1CCCC1. The summed E-state index contributed by atoms with van der Waals surface area (Å²) in [6.45, 7) is 3.38. The summed E-state index contributed by atoms with van der Waals surface area (Å²) in [7, 11) is 0. The minimum Gasteiger partial charge on any atom is -0.374 e. The molecule has 0 aromatic heterocycles. The Morgan fingerprint density at radius 3 is 1.89 bits per heavy atom. The Kier molecular flexibility index (Phi) is 5.81. The van der Waals surface area contributed by atoms with Crippen molar-refractivity contribution in [2.24, 2.45) is 0 Å². The zero-order chi connectivity index (χ0) is 19.2. The Balaban J connectivity index is 1.92. The summed E-state index contributed by atoms with van der Waals surface area (Å²) in [6, 6.07) is 17.1. The second-order valence-corrected chi connectivity index (χ2v) is 6.50. The first-order chi connectivity index (χ1) is 13.1. The Bertz CT molecular complexity index is 867. The van der Waals surface area contributed by atoms with Gasteiger partial charge in [0.25, 0.3) is 11.8 Å². The van der Waals surface area contributed by atoms with E-state index in [4.69, 9.17) is 0 Å². The van der Waals surface area contributed by atoms with E-state index in [1.165, 1.54) is 0 Å². The van der Waals surface area contributed by atoms with Gasteiger partial charge in [-0.25, -0.2) is 0 Å². The van der Waals surface area contributed by atoms with E-state index in [1.54, 1.807) is 61.5 Å². The van der Waals surface area contributed by atoms with E-state index >= 15 is 0 Å². The summed E-state index contributed by atoms with van der Waals surface area (Å²) in [5.41, 5.74) is 1.43. The summed E-state index contributed by atoms with van der Waals surface area (Å²) in [4.78, 5) is 40.4. The van der Waals surface area contributed by atoms with E-state index in [2.05, 4.69) is 5.32 Å². The van der Waals surface area contributed by atoms with Crippen molar-refractivity contribution in [1.29, 1.82) is 0 Å². The van der Waals surface area contributed by atoms with Crippen LogP contribution in [0.2, 0.25) is 0 Å². The molecule has 5 nitrogen and oxygen atoms in total. The molecule has 1 saturated heterocycles. The smallest absolute Gasteiger partial charge is 0.263 e. The van der Waals surface area contributed by atoms with Gasteiger partial charge in [0.2, 0.25) is 0 Å². The van der Waals surface area contributed by atoms with Crippen LogP contribution in [-0.2, 0) is 4.79 Å². The molecule has 0 aliphatic carbocycles. The third kappa shape index (κ3) is 4.31. The number of nitrogens with zero attached hydrogens (tertiary/aromatic N) is 1. The number of imide groups is 1. The van der Waals surface area contributed by atoms with E-state index < -0.39 is 11.8 Å². The van der Waals surface area contributed by atoms with E-state index in [0.717, 1.165) is 25.9 Å². The molecule has 2 aromatic carbocycles. The van der Waals surface area contributed by atoms with Crippen molar-refractivity contribution in [2.75, 3.05) is 13.1 Å². The van der Waals surface area contributed by atoms with Gasteiger partial charge < -0.3 is 4.90 Å². The molecule has 1 N–H and O–H groups in total. The molecule has 0 atom stereocenters. The third-order valence-corrected chi connectivity index (χ3v) is 4.70. The molecule has 1 heterocycles. The highest BCUT2D eigenvalue weighted by atomic mass is 16.2. The van der Waals surface area contributed by atoms with Crippen molar-refractivity contribution < 1.29 is 14.4 Å². The van der Waals surface area contributed by atoms with Gasteiger partial charge in [0.15, 0.2) is 5.78 Å². The van der Waals surface area contributed by atoms with Gasteiger partial charge in [0.1, 0.15) is 5.57 Å². The standard InChI is InChI=1S/C22H22N2O3/c1-16(24-14-8-9-15-24)19(20(25)17-10-4-2-5-11-17)22(27)23-21(26)18-12-6-3-7-13-18/h2-7,10-13H,8-9,14-15H2,1H3,(H,23,26,27)/b19-16-. The molecule has 0 spiro atoms. The second-order valence-electron chi connectivity index (χ2n) is 6.50. The monoisotopic (exact) mass is 362 g/mol. The number of ketones is 1. The summed E-state index contributed by atoms with van der Waals surface area (Å²) in [6.07, 6.45) is 2.05. The van der Waals surface area contributed by atoms with Crippen molar-refractivity contribution in [2.45, 2.75) is 19.8 Å². The molecule has 1 fully saturated rings. The number of rotatable bonds is 5. The van der Waals surface area contributed by atoms with Crippen molar-refractivity contribution in [3.05, 3.63) is 83.1 Å². The number of carbonyl (C=O) groups is 3. The number of amides is 2. The minimum atomic E-state index is -0.665. The molecule has 3 rings (SSSR count). The van der Waals surface area contributed by atoms with Gasteiger partial charge in [-0.3, -0.25) is 19.7 Å². The molecule has 0 unspecified atom stereocenters. The number of hydrogen-bond acceptors (Lipinski definition) is 4. The number of hydrogen-bond donors (Lipinski definition) is 1. The Labute approximate surface area is 158 Å². The highest BCUT2D eigenvalue weighted by molar-refractivity contribution is 6.28. The lowest BCUT2D eigenvalue weighted by molar-refractivity contribution is -0.116. The topological polar surface area (TPSA) is 66.5 Å². The lowest BCUT2D eigenvalue weighted by Crippen LogP contribution is -2.36. The lowest BCUT2D eigenvalue weighted by Gasteiger charge is -2.21. The number of nitrogens with one attached hydrogen (secondary N) is 1. The average Bonchev–Trinajstić information content (AvgIpc) is 3.24. The van der Waals surface area contributed by atoms with Crippen LogP contribution in [0.4, 0.5) is 0 Å². The number of allylic oxidation sites excluding steroid dienone is 1. The third-order valence-electron chi connectivity index (χ3n) is 4.70. The Morgan fingerprint density at radius 2 is 1.33 bits per heavy atom. The van der Waals surface area contributed by atoms with Gasteiger partial charge in [0.05, 0.1) is 0 Å². The van der Waals surface area contributed by atoms with Gasteiger partial charge in [-0.2, -0.15) is 0 Å². The highest BCUT2D eigenvalue weighted by Gasteiger charge is 2.27. The molecular weight excluding hydrogens is 340 g/mol. The first-order valence-electron chi connectivity index (χ1n) is 9.04. The van der Waals surface area contributed by atoms with Crippen LogP contribution in [0, 0.1) is 0 Å². The maximum absolute atomic E-state index is 13.0. The fourth-order valence-corrected chi connectivity index (χ4v) is 3.20. The zero-order valence-electron chi connectivity index (χ0n) is 15.3. The molecule has 0 bridgehead atoms. The number of Topliss-reactive ketones (excluding diaryl/α,β-unsaturated/α-hetero) is 1. The van der Waals surface area contributed by atoms with Crippen molar-refractivity contribution >= 4 is 17.6 Å². The normalized spacial score (nSPS) is 14.5. The number of benzene rings is 2. The van der Waals surface area contributed by atoms with Crippen LogP contribution in [-0.4, -0.2) is 35.6 Å². The van der Waals surface area contributed by atoms with Crippen molar-refractivity contribution in [3.8, 4) is 0 Å². The van der Waals surface area contributed by atoms with Gasteiger partial charge >= 0.3 is 0 Å². The zero-order valence-corrected chi connectivity index (χ0v) is 15.3. The number of likely N-dealkylation sites (tertiary alicyclic amines) is 1. The fraction of sp³-hybridized carbons (Fsp3) is 0.227. The molecule has 2 amide bonds. The van der Waals surface area contributed by atoms with Crippen LogP contribution in [0.3, 0.4) is 0 Å². The van der Waals surface area contributed by atoms with Gasteiger partial charge in [0, 0.05) is 29.9 Å². The highest BCUT2D eigenvalue weighted by Crippen LogP contribution is 2.21. The van der Waals surface area contributed by atoms with Gasteiger partial charge in [-0.15, -0.1) is 0 Å². The quantitative estimate of drug-likeness (QED) is 0.384. The van der Waals surface area contributed by atoms with Crippen LogP contribution in [0.25, 0.3) is 0 Å². The van der Waals surface area contributed by atoms with Crippen molar-refractivity contribution in [1.82, 2.24) is 10.2 Å². The van der Waals surface area contributed by atoms with Crippen LogP contribution in [0.5, 0.6) is 0 Å². The van der Waals surface area contributed by atoms with Crippen LogP contribution in [0.15, 0.2) is 71.9 Å². The Morgan fingerprint density at radius 1 is 0.815 bits per heavy atom. The first-order valence-corrected chi connectivity index (χ1v) is 9.04. The maximum atomic E-state index is 13.0. The Hall–Kier alpha value is -3.21. The van der Waals surface area contributed by atoms with E-state index in [0.29, 0.717) is 16.8 Å². The summed E-state index contributed by atoms with van der Waals surface area (Å²) < 4.78 is 0. The number of carbonyl (C=O) groups excluding carboxylic acids is 3. The molecule has 0 saturated carbocycles. The molecular formula is C22H22N2O3. The van der Waals surface area contributed by atoms with Crippen LogP contribution >= 0.6 is 0 Å². The molecule has 2 aromatic rings. The molecule has 0 radical (unpaired) electrons. The maximum Gasteiger partial charge on any atom is 0.263 e. The fourth-order valence-electron chi connectivity index (χ4n) is 3.20. The molecule has 138 valence electrons. The lowest BCUT2D eigenvalue weighted by atomic mass is 10.0. The van der Waals surface area contributed by atoms with Crippen molar-refractivity contribution in [3.63, 3.8) is 0 Å². The summed E-state index contributed by atoms with van der Waals surface area (Å²) in [5, 5.41) is 2.37. The first kappa shape index (κ1) is 18.6. The van der Waals surface area contributed by atoms with Crippen LogP contribution in [0.1, 0.15) is 40.5 Å². The van der Waals surface area contributed by atoms with E-state index in [9.17, 15) is 14.4 Å². The summed E-state index contributed by atoms with van der Waals surface area (Å²) >= 11 is 0. The predicted octanol–water partition coefficient (Wildman–Crippen LogP) is 3.20. The van der Waals surface area contributed by atoms with E-state index in [1.807, 2.05) is 11.0 Å². The predicted molar refractivity (Wildman–Crippen MR) is 103 cm³/mol. The molecule has 27 heavy (non-hydrogen) atoms. The van der Waals surface area contributed by atoms with Crippen LogP contribution < -0.4 is 5.32 Å². The van der Waals surface area contributed by atoms with Gasteiger partial charge in [-0.05, 0) is 31.9 Å². The largest absolute Gasteiger partial charge is 0.374 e. The molecule has 5 heteroatoms. The molecule has 1 aliphatic rings. The average molecular weight is 362 g/mol. The minimum absolute atomic E-state index is 0.0207. The van der Waals surface area contributed by atoms with Gasteiger partial charge in [-0.1, -0.05) is 48.5 Å². The molecule has 1 aliphatic heterocycles. The second kappa shape index (κ2) is 8.45. The van der Waals surface area contributed by atoms with E-state index in [-0.39, 0.29) is 11.4 Å². The summed E-state index contributed by atoms with van der Waals surface area (Å²) in [5.74, 6) is -1.56.